The molecule has 3 aromatic heterocycles. The summed E-state index contributed by atoms with van der Waals surface area (Å²) < 4.78 is 6.64. The van der Waals surface area contributed by atoms with Gasteiger partial charge in [-0.2, -0.15) is 0 Å². The van der Waals surface area contributed by atoms with E-state index in [1.165, 1.54) is 0 Å². The van der Waals surface area contributed by atoms with Crippen LogP contribution in [0.1, 0.15) is 0 Å². The fourth-order valence-corrected chi connectivity index (χ4v) is 8.88. The van der Waals surface area contributed by atoms with E-state index < -0.39 is 0 Å². The Morgan fingerprint density at radius 3 is 1.21 bits per heavy atom. The number of nitrogens with zero attached hydrogens (tertiary/aromatic N) is 4. The van der Waals surface area contributed by atoms with E-state index in [1.807, 2.05) is 72.8 Å². The van der Waals surface area contributed by atoms with Gasteiger partial charge in [0.2, 0.25) is 0 Å². The molecule has 5 heteroatoms. The van der Waals surface area contributed by atoms with Crippen LogP contribution in [0.4, 0.5) is 0 Å². The molecule has 0 saturated carbocycles. The van der Waals surface area contributed by atoms with Crippen molar-refractivity contribution >= 4 is 21.9 Å². The molecule has 314 valence electrons. The van der Waals surface area contributed by atoms with Crippen molar-refractivity contribution in [1.82, 2.24) is 19.9 Å². The van der Waals surface area contributed by atoms with Crippen LogP contribution in [0.2, 0.25) is 0 Å². The lowest BCUT2D eigenvalue weighted by Crippen LogP contribution is -1.96. The maximum Gasteiger partial charge on any atom is 0.160 e. The van der Waals surface area contributed by atoms with Gasteiger partial charge in [-0.25, -0.2) is 19.9 Å². The lowest BCUT2D eigenvalue weighted by molar-refractivity contribution is 0.670. The van der Waals surface area contributed by atoms with Crippen molar-refractivity contribution in [1.29, 1.82) is 0 Å². The van der Waals surface area contributed by atoms with Gasteiger partial charge in [0.05, 0.1) is 22.8 Å². The molecule has 12 rings (SSSR count). The Morgan fingerprint density at radius 2 is 0.642 bits per heavy atom. The molecule has 0 amide bonds. The quantitative estimate of drug-likeness (QED) is 0.145. The Balaban J connectivity index is 0.928. The van der Waals surface area contributed by atoms with Gasteiger partial charge in [0.15, 0.2) is 11.6 Å². The van der Waals surface area contributed by atoms with Crippen LogP contribution in [0.25, 0.3) is 123 Å². The minimum Gasteiger partial charge on any atom is -0.455 e. The molecule has 3 heterocycles. The molecule has 0 bridgehead atoms. The Kier molecular flexibility index (Phi) is 10.1. The first kappa shape index (κ1) is 39.5. The topological polar surface area (TPSA) is 64.7 Å². The van der Waals surface area contributed by atoms with Crippen molar-refractivity contribution in [2.75, 3.05) is 0 Å². The van der Waals surface area contributed by atoms with E-state index in [1.54, 1.807) is 0 Å². The van der Waals surface area contributed by atoms with Gasteiger partial charge in [-0.3, -0.25) is 0 Å². The highest BCUT2D eigenvalue weighted by molar-refractivity contribution is 6.11. The van der Waals surface area contributed by atoms with Gasteiger partial charge in [-0.15, -0.1) is 0 Å². The number of fused-ring (bicyclic) bond motifs is 3. The largest absolute Gasteiger partial charge is 0.455 e. The molecule has 0 saturated heterocycles. The molecule has 0 atom stereocenters. The van der Waals surface area contributed by atoms with E-state index in [0.29, 0.717) is 11.6 Å². The molecule has 0 unspecified atom stereocenters. The Morgan fingerprint density at radius 1 is 0.239 bits per heavy atom. The lowest BCUT2D eigenvalue weighted by atomic mass is 9.94. The number of aromatic nitrogens is 4. The number of para-hydroxylation sites is 1. The number of hydrogen-bond donors (Lipinski definition) is 0. The zero-order valence-electron chi connectivity index (χ0n) is 36.3. The van der Waals surface area contributed by atoms with Crippen LogP contribution in [-0.2, 0) is 0 Å². The molecular formula is C62H40N4O. The Hall–Kier alpha value is -9.06. The third-order valence-electron chi connectivity index (χ3n) is 12.3. The molecule has 12 aromatic rings. The fraction of sp³-hybridized carbons (Fsp3) is 0. The number of rotatable bonds is 9. The molecule has 0 aliphatic heterocycles. The molecular weight excluding hydrogens is 817 g/mol. The second-order valence-electron chi connectivity index (χ2n) is 16.6. The van der Waals surface area contributed by atoms with Crippen molar-refractivity contribution in [3.05, 3.63) is 243 Å². The standard InChI is InChI=1S/C62H40N4O/c1-5-16-41(17-6-1)49-24-15-25-50(36-49)58-40-57(65-62(66-58)48-22-11-4-12-23-48)45-32-28-42(29-33-45)51-37-53(60-54(38-51)52-26-13-14-27-59(52)67-60)43-30-34-46(35-31-43)56-39-55(44-18-7-2-8-19-44)63-61(64-56)47-20-9-3-10-21-47/h1-40H. The van der Waals surface area contributed by atoms with Gasteiger partial charge < -0.3 is 4.42 Å². The predicted molar refractivity (Wildman–Crippen MR) is 274 cm³/mol. The number of furan rings is 1. The first-order valence-electron chi connectivity index (χ1n) is 22.4. The van der Waals surface area contributed by atoms with Crippen molar-refractivity contribution < 1.29 is 4.42 Å². The van der Waals surface area contributed by atoms with E-state index >= 15 is 0 Å². The maximum atomic E-state index is 6.64. The molecule has 0 aliphatic carbocycles. The van der Waals surface area contributed by atoms with Gasteiger partial charge in [-0.1, -0.05) is 206 Å². The third kappa shape index (κ3) is 7.85. The second-order valence-corrected chi connectivity index (χ2v) is 16.6. The predicted octanol–water partition coefficient (Wildman–Crippen LogP) is 16.2. The summed E-state index contributed by atoms with van der Waals surface area (Å²) in [6.07, 6.45) is 0. The highest BCUT2D eigenvalue weighted by Crippen LogP contribution is 2.41. The van der Waals surface area contributed by atoms with Gasteiger partial charge in [-0.05, 0) is 64.2 Å². The van der Waals surface area contributed by atoms with Gasteiger partial charge >= 0.3 is 0 Å². The zero-order chi connectivity index (χ0) is 44.5. The van der Waals surface area contributed by atoms with E-state index in [2.05, 4.69) is 170 Å². The summed E-state index contributed by atoms with van der Waals surface area (Å²) in [6, 6.07) is 83.9. The monoisotopic (exact) mass is 856 g/mol. The van der Waals surface area contributed by atoms with E-state index in [-0.39, 0.29) is 0 Å². The molecule has 0 fully saturated rings. The number of benzene rings is 9. The molecule has 67 heavy (non-hydrogen) atoms. The number of hydrogen-bond acceptors (Lipinski definition) is 5. The van der Waals surface area contributed by atoms with Crippen LogP contribution in [0.5, 0.6) is 0 Å². The average molecular weight is 857 g/mol. The molecule has 0 spiro atoms. The Labute approximate surface area is 388 Å². The van der Waals surface area contributed by atoms with Crippen LogP contribution in [0.15, 0.2) is 247 Å². The van der Waals surface area contributed by atoms with Crippen molar-refractivity contribution in [3.63, 3.8) is 0 Å². The van der Waals surface area contributed by atoms with Crippen molar-refractivity contribution in [2.45, 2.75) is 0 Å². The van der Waals surface area contributed by atoms with E-state index in [4.69, 9.17) is 24.4 Å². The summed E-state index contributed by atoms with van der Waals surface area (Å²) in [7, 11) is 0. The first-order chi connectivity index (χ1) is 33.2. The highest BCUT2D eigenvalue weighted by atomic mass is 16.3. The highest BCUT2D eigenvalue weighted by Gasteiger charge is 2.18. The van der Waals surface area contributed by atoms with Crippen LogP contribution >= 0.6 is 0 Å². The van der Waals surface area contributed by atoms with Crippen LogP contribution in [-0.4, -0.2) is 19.9 Å². The second kappa shape index (κ2) is 17.1. The van der Waals surface area contributed by atoms with E-state index in [9.17, 15) is 0 Å². The average Bonchev–Trinajstić information content (AvgIpc) is 3.80. The van der Waals surface area contributed by atoms with Crippen molar-refractivity contribution in [2.24, 2.45) is 0 Å². The normalized spacial score (nSPS) is 11.3. The summed E-state index contributed by atoms with van der Waals surface area (Å²) in [4.78, 5) is 20.3. The molecule has 9 aromatic carbocycles. The summed E-state index contributed by atoms with van der Waals surface area (Å²) in [5.74, 6) is 1.37. The Bertz CT molecular complexity index is 3640. The zero-order valence-corrected chi connectivity index (χ0v) is 36.3. The van der Waals surface area contributed by atoms with Crippen LogP contribution in [0, 0.1) is 0 Å². The van der Waals surface area contributed by atoms with Gasteiger partial charge in [0, 0.05) is 49.7 Å². The summed E-state index contributed by atoms with van der Waals surface area (Å²) in [5.41, 5.74) is 17.7. The summed E-state index contributed by atoms with van der Waals surface area (Å²) in [6.45, 7) is 0. The van der Waals surface area contributed by atoms with Crippen molar-refractivity contribution in [3.8, 4) is 101 Å². The van der Waals surface area contributed by atoms with Crippen LogP contribution in [0.3, 0.4) is 0 Å². The van der Waals surface area contributed by atoms with E-state index in [0.717, 1.165) is 111 Å². The molecule has 0 radical (unpaired) electrons. The maximum absolute atomic E-state index is 6.64. The smallest absolute Gasteiger partial charge is 0.160 e. The minimum absolute atomic E-state index is 0.684. The van der Waals surface area contributed by atoms with Gasteiger partial charge in [0.1, 0.15) is 11.2 Å². The minimum atomic E-state index is 0.684. The first-order valence-corrected chi connectivity index (χ1v) is 22.4. The summed E-state index contributed by atoms with van der Waals surface area (Å²) in [5, 5.41) is 2.15. The molecule has 0 N–H and O–H groups in total. The third-order valence-corrected chi connectivity index (χ3v) is 12.3. The SMILES string of the molecule is c1ccc(-c2cccc(-c3cc(-c4ccc(-c5cc(-c6ccc(-c7cc(-c8ccccc8)nc(-c8ccccc8)n7)cc6)c6oc7ccccc7c6c5)cc4)nc(-c4ccccc4)n3)c2)cc1. The molecule has 0 aliphatic rings. The fourth-order valence-electron chi connectivity index (χ4n) is 8.88. The van der Waals surface area contributed by atoms with Gasteiger partial charge in [0.25, 0.3) is 0 Å². The summed E-state index contributed by atoms with van der Waals surface area (Å²) >= 11 is 0. The lowest BCUT2D eigenvalue weighted by Gasteiger charge is -2.12. The molecule has 5 nitrogen and oxygen atoms in total. The van der Waals surface area contributed by atoms with Crippen LogP contribution < -0.4 is 0 Å².